The maximum Gasteiger partial charge on any atom is 0.00218 e. The van der Waals surface area contributed by atoms with Gasteiger partial charge in [0.05, 0.1) is 0 Å². The van der Waals surface area contributed by atoms with Gasteiger partial charge in [-0.2, -0.15) is 0 Å². The molecule has 0 amide bonds. The Morgan fingerprint density at radius 2 is 1.88 bits per heavy atom. The predicted octanol–water partition coefficient (Wildman–Crippen LogP) is 2.78. The smallest absolute Gasteiger partial charge is 0.00218 e. The van der Waals surface area contributed by atoms with Crippen molar-refractivity contribution in [2.45, 2.75) is 39.5 Å². The van der Waals surface area contributed by atoms with Crippen LogP contribution in [0.2, 0.25) is 0 Å². The van der Waals surface area contributed by atoms with Crippen LogP contribution in [0.1, 0.15) is 39.5 Å². The minimum absolute atomic E-state index is 0. The molecule has 1 atom stereocenters. The summed E-state index contributed by atoms with van der Waals surface area (Å²) >= 11 is 0. The second-order valence-electron chi connectivity index (χ2n) is 6.09. The van der Waals surface area contributed by atoms with Crippen LogP contribution in [-0.2, 0) is 0 Å². The summed E-state index contributed by atoms with van der Waals surface area (Å²) in [5.74, 6) is 2.79. The van der Waals surface area contributed by atoms with Crippen molar-refractivity contribution in [2.24, 2.45) is 17.8 Å². The quantitative estimate of drug-likeness (QED) is 0.840. The summed E-state index contributed by atoms with van der Waals surface area (Å²) in [4.78, 5) is 2.70. The second-order valence-corrected chi connectivity index (χ2v) is 6.09. The summed E-state index contributed by atoms with van der Waals surface area (Å²) in [6.07, 6.45) is 5.68. The van der Waals surface area contributed by atoms with Crippen molar-refractivity contribution in [2.75, 3.05) is 32.7 Å². The lowest BCUT2D eigenvalue weighted by Crippen LogP contribution is -2.42. The molecule has 2 saturated heterocycles. The van der Waals surface area contributed by atoms with Crippen LogP contribution in [0, 0.1) is 17.8 Å². The van der Waals surface area contributed by atoms with E-state index in [1.54, 1.807) is 0 Å². The number of halogens is 1. The lowest BCUT2D eigenvalue weighted by Gasteiger charge is -2.36. The first-order valence-electron chi connectivity index (χ1n) is 7.19. The van der Waals surface area contributed by atoms with Crippen LogP contribution >= 0.6 is 12.4 Å². The zero-order chi connectivity index (χ0) is 11.4. The zero-order valence-electron chi connectivity index (χ0n) is 11.5. The van der Waals surface area contributed by atoms with Gasteiger partial charge < -0.3 is 10.2 Å². The molecule has 2 heterocycles. The van der Waals surface area contributed by atoms with E-state index < -0.39 is 0 Å². The van der Waals surface area contributed by atoms with E-state index in [0.29, 0.717) is 0 Å². The lowest BCUT2D eigenvalue weighted by atomic mass is 9.86. The van der Waals surface area contributed by atoms with Crippen LogP contribution < -0.4 is 5.32 Å². The van der Waals surface area contributed by atoms with Gasteiger partial charge >= 0.3 is 0 Å². The van der Waals surface area contributed by atoms with Crippen LogP contribution in [0.15, 0.2) is 0 Å². The third-order valence-electron chi connectivity index (χ3n) is 4.49. The summed E-state index contributed by atoms with van der Waals surface area (Å²) in [6.45, 7) is 11.3. The number of nitrogens with zero attached hydrogens (tertiary/aromatic N) is 1. The van der Waals surface area contributed by atoms with Crippen LogP contribution in [-0.4, -0.2) is 37.6 Å². The molecule has 0 radical (unpaired) electrons. The minimum Gasteiger partial charge on any atom is -0.316 e. The van der Waals surface area contributed by atoms with Crippen LogP contribution in [0.25, 0.3) is 0 Å². The van der Waals surface area contributed by atoms with Gasteiger partial charge in [-0.25, -0.2) is 0 Å². The molecular weight excluding hydrogens is 232 g/mol. The van der Waals surface area contributed by atoms with E-state index in [0.717, 1.165) is 17.8 Å². The van der Waals surface area contributed by atoms with Crippen molar-refractivity contribution in [1.29, 1.82) is 0 Å². The molecule has 0 bridgehead atoms. The fourth-order valence-corrected chi connectivity index (χ4v) is 3.25. The highest BCUT2D eigenvalue weighted by atomic mass is 35.5. The predicted molar refractivity (Wildman–Crippen MR) is 76.8 cm³/mol. The molecule has 2 nitrogen and oxygen atoms in total. The van der Waals surface area contributed by atoms with Crippen molar-refractivity contribution in [3.05, 3.63) is 0 Å². The Morgan fingerprint density at radius 3 is 2.41 bits per heavy atom. The first-order valence-corrected chi connectivity index (χ1v) is 7.19. The van der Waals surface area contributed by atoms with Gasteiger partial charge in [0.25, 0.3) is 0 Å². The largest absolute Gasteiger partial charge is 0.316 e. The molecule has 2 aliphatic heterocycles. The Labute approximate surface area is 113 Å². The molecule has 1 N–H and O–H groups in total. The van der Waals surface area contributed by atoms with Crippen molar-refractivity contribution < 1.29 is 0 Å². The molecule has 17 heavy (non-hydrogen) atoms. The number of rotatable bonds is 3. The molecule has 2 rings (SSSR count). The highest BCUT2D eigenvalue weighted by molar-refractivity contribution is 5.85. The van der Waals surface area contributed by atoms with Gasteiger partial charge in [-0.05, 0) is 69.6 Å². The van der Waals surface area contributed by atoms with Crippen LogP contribution in [0.5, 0.6) is 0 Å². The van der Waals surface area contributed by atoms with Gasteiger partial charge in [0.1, 0.15) is 0 Å². The number of hydrogen-bond donors (Lipinski definition) is 1. The van der Waals surface area contributed by atoms with E-state index in [9.17, 15) is 0 Å². The molecular formula is C14H29ClN2. The molecule has 1 unspecified atom stereocenters. The monoisotopic (exact) mass is 260 g/mol. The molecule has 0 saturated carbocycles. The molecule has 0 aromatic rings. The van der Waals surface area contributed by atoms with Crippen molar-refractivity contribution >= 4 is 12.4 Å². The molecule has 2 fully saturated rings. The Bertz CT molecular complexity index is 194. The number of likely N-dealkylation sites (tertiary alicyclic amines) is 1. The first kappa shape index (κ1) is 15.3. The summed E-state index contributed by atoms with van der Waals surface area (Å²) in [5, 5.41) is 3.52. The van der Waals surface area contributed by atoms with E-state index in [2.05, 4.69) is 24.1 Å². The Balaban J connectivity index is 0.00000144. The molecule has 0 aliphatic carbocycles. The molecule has 0 aromatic heterocycles. The highest BCUT2D eigenvalue weighted by Gasteiger charge is 2.23. The topological polar surface area (TPSA) is 15.3 Å². The van der Waals surface area contributed by atoms with Crippen molar-refractivity contribution in [3.8, 4) is 0 Å². The molecule has 0 aromatic carbocycles. The Morgan fingerprint density at radius 1 is 1.18 bits per heavy atom. The van der Waals surface area contributed by atoms with E-state index in [4.69, 9.17) is 0 Å². The fourth-order valence-electron chi connectivity index (χ4n) is 3.25. The zero-order valence-corrected chi connectivity index (χ0v) is 12.3. The van der Waals surface area contributed by atoms with Gasteiger partial charge in [-0.3, -0.25) is 0 Å². The van der Waals surface area contributed by atoms with Gasteiger partial charge in [0, 0.05) is 6.54 Å². The first-order chi connectivity index (χ1) is 7.75. The van der Waals surface area contributed by atoms with E-state index in [1.807, 2.05) is 0 Å². The standard InChI is InChI=1S/C14H28N2.ClH/c1-12(2)14-5-8-16(9-6-14)11-13-4-3-7-15-10-13;/h12-15H,3-11H2,1-2H3;1H. The molecule has 2 aliphatic rings. The number of piperidine rings is 2. The van der Waals surface area contributed by atoms with Gasteiger partial charge in [0.15, 0.2) is 0 Å². The lowest BCUT2D eigenvalue weighted by molar-refractivity contribution is 0.132. The van der Waals surface area contributed by atoms with Gasteiger partial charge in [-0.15, -0.1) is 12.4 Å². The summed E-state index contributed by atoms with van der Waals surface area (Å²) in [5.41, 5.74) is 0. The Hall–Kier alpha value is 0.210. The van der Waals surface area contributed by atoms with Crippen LogP contribution in [0.3, 0.4) is 0 Å². The average Bonchev–Trinajstić information content (AvgIpc) is 2.31. The van der Waals surface area contributed by atoms with E-state index in [-0.39, 0.29) is 12.4 Å². The van der Waals surface area contributed by atoms with E-state index >= 15 is 0 Å². The highest BCUT2D eigenvalue weighted by Crippen LogP contribution is 2.25. The van der Waals surface area contributed by atoms with Crippen LogP contribution in [0.4, 0.5) is 0 Å². The van der Waals surface area contributed by atoms with E-state index in [1.165, 1.54) is 58.4 Å². The summed E-state index contributed by atoms with van der Waals surface area (Å²) in [7, 11) is 0. The van der Waals surface area contributed by atoms with Gasteiger partial charge in [-0.1, -0.05) is 13.8 Å². The maximum atomic E-state index is 3.52. The SMILES string of the molecule is CC(C)C1CCN(CC2CCCNC2)CC1.Cl. The molecule has 3 heteroatoms. The third-order valence-corrected chi connectivity index (χ3v) is 4.49. The van der Waals surface area contributed by atoms with Gasteiger partial charge in [0.2, 0.25) is 0 Å². The Kier molecular flexibility index (Phi) is 6.83. The average molecular weight is 261 g/mol. The normalized spacial score (nSPS) is 28.1. The fraction of sp³-hybridized carbons (Fsp3) is 1.00. The number of hydrogen-bond acceptors (Lipinski definition) is 2. The van der Waals surface area contributed by atoms with Crippen molar-refractivity contribution in [1.82, 2.24) is 10.2 Å². The molecule has 0 spiro atoms. The number of nitrogens with one attached hydrogen (secondary N) is 1. The summed E-state index contributed by atoms with van der Waals surface area (Å²) in [6, 6.07) is 0. The minimum atomic E-state index is 0. The molecule has 102 valence electrons. The second kappa shape index (κ2) is 7.60. The maximum absolute atomic E-state index is 3.52. The summed E-state index contributed by atoms with van der Waals surface area (Å²) < 4.78 is 0. The third kappa shape index (κ3) is 4.76. The van der Waals surface area contributed by atoms with Crippen molar-refractivity contribution in [3.63, 3.8) is 0 Å².